The van der Waals surface area contributed by atoms with Gasteiger partial charge in [0.25, 0.3) is 0 Å². The molecular weight excluding hydrogens is 190 g/mol. The molecule has 0 heterocycles. The number of carboxylic acids is 1. The van der Waals surface area contributed by atoms with Crippen molar-refractivity contribution < 1.29 is 15.6 Å². The number of hydrogen-bond acceptors (Lipinski definition) is 2. The van der Waals surface area contributed by atoms with Gasteiger partial charge in [0.1, 0.15) is 0 Å². The summed E-state index contributed by atoms with van der Waals surface area (Å²) in [5, 5.41) is 10.1. The predicted octanol–water partition coefficient (Wildman–Crippen LogP) is 0.221. The molecule has 3 nitrogen and oxygen atoms in total. The van der Waals surface area contributed by atoms with Crippen LogP contribution < -0.4 is 10.8 Å². The molecule has 1 aliphatic carbocycles. The summed E-state index contributed by atoms with van der Waals surface area (Å²) in [6.45, 7) is 0. The highest BCUT2D eigenvalue weighted by molar-refractivity contribution is 5.85. The molecule has 15 heavy (non-hydrogen) atoms. The minimum absolute atomic E-state index is 0.220. The summed E-state index contributed by atoms with van der Waals surface area (Å²) in [7, 11) is 0. The van der Waals surface area contributed by atoms with Crippen molar-refractivity contribution in [2.24, 2.45) is 0 Å². The zero-order valence-corrected chi connectivity index (χ0v) is 8.82. The third-order valence-electron chi connectivity index (χ3n) is 2.48. The van der Waals surface area contributed by atoms with Crippen molar-refractivity contribution in [2.75, 3.05) is 0 Å². The molecule has 2 rings (SSSR count). The third kappa shape index (κ3) is 4.61. The molecule has 1 saturated carbocycles. The van der Waals surface area contributed by atoms with Gasteiger partial charge in [-0.15, -0.1) is 0 Å². The van der Waals surface area contributed by atoms with Crippen LogP contribution in [0.2, 0.25) is 0 Å². The predicted molar refractivity (Wildman–Crippen MR) is 55.9 cm³/mol. The van der Waals surface area contributed by atoms with Crippen molar-refractivity contribution in [3.05, 3.63) is 35.9 Å². The average molecular weight is 207 g/mol. The van der Waals surface area contributed by atoms with E-state index in [9.17, 15) is 9.90 Å². The molecule has 0 saturated heterocycles. The van der Waals surface area contributed by atoms with Gasteiger partial charge in [-0.3, -0.25) is 0 Å². The SMILES string of the molecule is O=C([O-])c1ccccc1.[NH3+]C1CCCC1. The lowest BCUT2D eigenvalue weighted by Crippen LogP contribution is -2.59. The van der Waals surface area contributed by atoms with E-state index in [0.717, 1.165) is 6.04 Å². The van der Waals surface area contributed by atoms with Gasteiger partial charge >= 0.3 is 0 Å². The van der Waals surface area contributed by atoms with Crippen molar-refractivity contribution in [2.45, 2.75) is 31.7 Å². The summed E-state index contributed by atoms with van der Waals surface area (Å²) < 4.78 is 0. The largest absolute Gasteiger partial charge is 0.545 e. The molecule has 0 aromatic heterocycles. The summed E-state index contributed by atoms with van der Waals surface area (Å²) in [4.78, 5) is 10.1. The lowest BCUT2D eigenvalue weighted by molar-refractivity contribution is -0.417. The molecule has 0 unspecified atom stereocenters. The molecule has 1 fully saturated rings. The number of carboxylic acid groups (broad SMARTS) is 1. The van der Waals surface area contributed by atoms with E-state index in [1.165, 1.54) is 37.8 Å². The number of carbonyl (C=O) groups excluding carboxylic acids is 1. The number of carbonyl (C=O) groups is 1. The zero-order chi connectivity index (χ0) is 11.1. The van der Waals surface area contributed by atoms with Crippen LogP contribution in [0.15, 0.2) is 30.3 Å². The van der Waals surface area contributed by atoms with Gasteiger partial charge in [-0.25, -0.2) is 0 Å². The standard InChI is InChI=1S/C7H6O2.C5H11N/c8-7(9)6-4-2-1-3-5-6;6-5-3-1-2-4-5/h1-5H,(H,8,9);5H,1-4,6H2. The van der Waals surface area contributed by atoms with Crippen LogP contribution in [0.3, 0.4) is 0 Å². The molecule has 0 bridgehead atoms. The monoisotopic (exact) mass is 207 g/mol. The molecule has 1 aliphatic rings. The maximum Gasteiger partial charge on any atom is 0.0843 e. The first-order chi connectivity index (χ1) is 7.20. The Labute approximate surface area is 89.9 Å². The van der Waals surface area contributed by atoms with Crippen molar-refractivity contribution >= 4 is 5.97 Å². The van der Waals surface area contributed by atoms with Gasteiger partial charge in [-0.1, -0.05) is 30.3 Å². The molecule has 1 aromatic rings. The molecular formula is C12H17NO2. The molecule has 3 N–H and O–H groups in total. The zero-order valence-electron chi connectivity index (χ0n) is 8.82. The van der Waals surface area contributed by atoms with Crippen molar-refractivity contribution in [3.63, 3.8) is 0 Å². The fourth-order valence-corrected chi connectivity index (χ4v) is 1.58. The number of benzene rings is 1. The van der Waals surface area contributed by atoms with Crippen LogP contribution in [-0.2, 0) is 0 Å². The summed E-state index contributed by atoms with van der Waals surface area (Å²) in [5.41, 5.74) is 4.16. The first kappa shape index (κ1) is 11.7. The summed E-state index contributed by atoms with van der Waals surface area (Å²) in [5.74, 6) is -1.13. The lowest BCUT2D eigenvalue weighted by atomic mass is 10.2. The van der Waals surface area contributed by atoms with E-state index in [1.54, 1.807) is 18.2 Å². The maximum absolute atomic E-state index is 10.1. The third-order valence-corrected chi connectivity index (χ3v) is 2.48. The summed E-state index contributed by atoms with van der Waals surface area (Å²) in [6, 6.07) is 8.86. The smallest absolute Gasteiger partial charge is 0.0843 e. The van der Waals surface area contributed by atoms with Crippen LogP contribution in [0.1, 0.15) is 36.0 Å². The highest BCUT2D eigenvalue weighted by Crippen LogP contribution is 2.13. The first-order valence-electron chi connectivity index (χ1n) is 5.29. The quantitative estimate of drug-likeness (QED) is 0.715. The van der Waals surface area contributed by atoms with Crippen LogP contribution in [0.4, 0.5) is 0 Å². The maximum atomic E-state index is 10.1. The normalized spacial score (nSPS) is 15.5. The molecule has 1 aromatic carbocycles. The summed E-state index contributed by atoms with van der Waals surface area (Å²) >= 11 is 0. The van der Waals surface area contributed by atoms with E-state index in [1.807, 2.05) is 0 Å². The molecule has 0 aliphatic heterocycles. The van der Waals surface area contributed by atoms with Crippen LogP contribution in [0.5, 0.6) is 0 Å². The topological polar surface area (TPSA) is 67.8 Å². The molecule has 0 radical (unpaired) electrons. The van der Waals surface area contributed by atoms with E-state index in [2.05, 4.69) is 5.73 Å². The highest BCUT2D eigenvalue weighted by Gasteiger charge is 2.11. The molecule has 0 atom stereocenters. The van der Waals surface area contributed by atoms with Crippen LogP contribution >= 0.6 is 0 Å². The number of rotatable bonds is 1. The number of quaternary nitrogens is 1. The van der Waals surface area contributed by atoms with Crippen molar-refractivity contribution in [3.8, 4) is 0 Å². The second-order valence-electron chi connectivity index (χ2n) is 3.80. The minimum Gasteiger partial charge on any atom is -0.545 e. The van der Waals surface area contributed by atoms with Gasteiger partial charge < -0.3 is 15.6 Å². The summed E-state index contributed by atoms with van der Waals surface area (Å²) in [6.07, 6.45) is 5.60. The van der Waals surface area contributed by atoms with Crippen molar-refractivity contribution in [1.82, 2.24) is 0 Å². The van der Waals surface area contributed by atoms with Gasteiger partial charge in [0, 0.05) is 0 Å². The van der Waals surface area contributed by atoms with Crippen LogP contribution in [0, 0.1) is 0 Å². The Hall–Kier alpha value is -1.35. The Morgan fingerprint density at radius 2 is 1.73 bits per heavy atom. The van der Waals surface area contributed by atoms with E-state index in [0.29, 0.717) is 0 Å². The Kier molecular flexibility index (Phi) is 4.84. The van der Waals surface area contributed by atoms with Gasteiger partial charge in [-0.2, -0.15) is 0 Å². The van der Waals surface area contributed by atoms with E-state index >= 15 is 0 Å². The fraction of sp³-hybridized carbons (Fsp3) is 0.417. The lowest BCUT2D eigenvalue weighted by Gasteiger charge is -1.97. The highest BCUT2D eigenvalue weighted by atomic mass is 16.4. The Balaban J connectivity index is 0.000000162. The van der Waals surface area contributed by atoms with E-state index in [4.69, 9.17) is 0 Å². The van der Waals surface area contributed by atoms with Crippen LogP contribution in [-0.4, -0.2) is 12.0 Å². The molecule has 3 heteroatoms. The van der Waals surface area contributed by atoms with E-state index < -0.39 is 5.97 Å². The molecule has 0 spiro atoms. The molecule has 0 amide bonds. The van der Waals surface area contributed by atoms with Gasteiger partial charge in [0.05, 0.1) is 12.0 Å². The van der Waals surface area contributed by atoms with Crippen molar-refractivity contribution in [1.29, 1.82) is 0 Å². The Morgan fingerprint density at radius 3 is 2.00 bits per heavy atom. The van der Waals surface area contributed by atoms with Gasteiger partial charge in [0.15, 0.2) is 0 Å². The second-order valence-corrected chi connectivity index (χ2v) is 3.80. The van der Waals surface area contributed by atoms with Crippen LogP contribution in [0.25, 0.3) is 0 Å². The van der Waals surface area contributed by atoms with E-state index in [-0.39, 0.29) is 5.56 Å². The second kappa shape index (κ2) is 6.19. The molecule has 82 valence electrons. The van der Waals surface area contributed by atoms with Gasteiger partial charge in [-0.05, 0) is 31.2 Å². The van der Waals surface area contributed by atoms with Gasteiger partial charge in [0.2, 0.25) is 0 Å². The Bertz CT molecular complexity index is 292. The minimum atomic E-state index is -1.13. The number of hydrogen-bond donors (Lipinski definition) is 1. The Morgan fingerprint density at radius 1 is 1.20 bits per heavy atom. The number of aromatic carboxylic acids is 1. The first-order valence-corrected chi connectivity index (χ1v) is 5.29. The fourth-order valence-electron chi connectivity index (χ4n) is 1.58. The average Bonchev–Trinajstić information content (AvgIpc) is 2.71.